The molecule has 0 spiro atoms. The topological polar surface area (TPSA) is 50.4 Å². The van der Waals surface area contributed by atoms with E-state index in [0.717, 1.165) is 25.1 Å². The summed E-state index contributed by atoms with van der Waals surface area (Å²) in [5.74, 6) is -0.640. The number of ether oxygens (including phenoxy) is 1. The van der Waals surface area contributed by atoms with Gasteiger partial charge in [-0.15, -0.1) is 13.2 Å². The maximum Gasteiger partial charge on any atom is 0.573 e. The molecule has 1 saturated heterocycles. The number of hydrogen-bond acceptors (Lipinski definition) is 3. The number of carbonyl (C=O) groups excluding carboxylic acids is 1. The molecule has 1 unspecified atom stereocenters. The van der Waals surface area contributed by atoms with Crippen molar-refractivity contribution in [2.45, 2.75) is 18.8 Å². The van der Waals surface area contributed by atoms with E-state index in [1.807, 2.05) is 0 Å². The van der Waals surface area contributed by atoms with E-state index >= 15 is 0 Å². The van der Waals surface area contributed by atoms with E-state index in [-0.39, 0.29) is 17.7 Å². The van der Waals surface area contributed by atoms with Gasteiger partial charge >= 0.3 is 6.36 Å². The Balaban J connectivity index is 1.95. The van der Waals surface area contributed by atoms with Crippen molar-refractivity contribution in [3.8, 4) is 5.75 Å². The third kappa shape index (κ3) is 4.13. The van der Waals surface area contributed by atoms with Crippen LogP contribution < -0.4 is 15.4 Å². The molecule has 7 heteroatoms. The summed E-state index contributed by atoms with van der Waals surface area (Å²) in [6.07, 6.45) is -3.87. The normalized spacial score (nSPS) is 19.2. The quantitative estimate of drug-likeness (QED) is 0.881. The van der Waals surface area contributed by atoms with Gasteiger partial charge in [0.05, 0.1) is 0 Å². The molecule has 1 atom stereocenters. The maximum absolute atomic E-state index is 12.0. The number of rotatable bonds is 3. The van der Waals surface area contributed by atoms with E-state index in [1.54, 1.807) is 0 Å². The zero-order chi connectivity index (χ0) is 13.9. The van der Waals surface area contributed by atoms with Crippen LogP contribution in [-0.2, 0) is 0 Å². The molecule has 1 aliphatic heterocycles. The fraction of sp³-hybridized carbons (Fsp3) is 0.417. The van der Waals surface area contributed by atoms with E-state index in [2.05, 4.69) is 15.4 Å². The number of carbonyl (C=O) groups is 1. The molecule has 1 aromatic carbocycles. The van der Waals surface area contributed by atoms with Gasteiger partial charge in [0.2, 0.25) is 0 Å². The highest BCUT2D eigenvalue weighted by Gasteiger charge is 2.31. The summed E-state index contributed by atoms with van der Waals surface area (Å²) in [6, 6.07) is 4.92. The number of hydrogen-bond donors (Lipinski definition) is 2. The minimum atomic E-state index is -4.72. The van der Waals surface area contributed by atoms with Gasteiger partial charge in [0.15, 0.2) is 0 Å². The summed E-state index contributed by atoms with van der Waals surface area (Å²) in [7, 11) is 0. The lowest BCUT2D eigenvalue weighted by molar-refractivity contribution is -0.274. The maximum atomic E-state index is 12.0. The molecule has 19 heavy (non-hydrogen) atoms. The minimum absolute atomic E-state index is 0.0681. The summed E-state index contributed by atoms with van der Waals surface area (Å²) in [5.41, 5.74) is 0.307. The monoisotopic (exact) mass is 274 g/mol. The Morgan fingerprint density at radius 3 is 2.53 bits per heavy atom. The standard InChI is InChI=1S/C12H13F3N2O2/c13-12(14,15)19-10-3-1-8(2-4-10)11(18)17-9-5-6-16-7-9/h1-4,9,16H,5-7H2,(H,17,18). The smallest absolute Gasteiger partial charge is 0.406 e. The molecular weight excluding hydrogens is 261 g/mol. The first-order valence-corrected chi connectivity index (χ1v) is 5.81. The fourth-order valence-electron chi connectivity index (χ4n) is 1.85. The summed E-state index contributed by atoms with van der Waals surface area (Å²) in [5, 5.41) is 5.90. The highest BCUT2D eigenvalue weighted by molar-refractivity contribution is 5.94. The van der Waals surface area contributed by atoms with Crippen LogP contribution in [0.4, 0.5) is 13.2 Å². The Kier molecular flexibility index (Phi) is 3.94. The molecule has 1 aliphatic rings. The Hall–Kier alpha value is -1.76. The lowest BCUT2D eigenvalue weighted by Gasteiger charge is -2.12. The molecule has 0 bridgehead atoms. The predicted octanol–water partition coefficient (Wildman–Crippen LogP) is 1.68. The number of alkyl halides is 3. The zero-order valence-electron chi connectivity index (χ0n) is 9.96. The Morgan fingerprint density at radius 1 is 1.32 bits per heavy atom. The predicted molar refractivity (Wildman–Crippen MR) is 61.9 cm³/mol. The average molecular weight is 274 g/mol. The Morgan fingerprint density at radius 2 is 2.00 bits per heavy atom. The van der Waals surface area contributed by atoms with Crippen molar-refractivity contribution in [1.29, 1.82) is 0 Å². The largest absolute Gasteiger partial charge is 0.573 e. The summed E-state index contributed by atoms with van der Waals surface area (Å²) >= 11 is 0. The Labute approximate surface area is 107 Å². The summed E-state index contributed by atoms with van der Waals surface area (Å²) < 4.78 is 39.6. The van der Waals surface area contributed by atoms with Gasteiger partial charge in [0.25, 0.3) is 5.91 Å². The lowest BCUT2D eigenvalue weighted by atomic mass is 10.2. The van der Waals surface area contributed by atoms with Crippen molar-refractivity contribution in [3.05, 3.63) is 29.8 Å². The summed E-state index contributed by atoms with van der Waals surface area (Å²) in [6.45, 7) is 1.56. The number of nitrogens with one attached hydrogen (secondary N) is 2. The molecule has 2 N–H and O–H groups in total. The van der Waals surface area contributed by atoms with Gasteiger partial charge in [-0.2, -0.15) is 0 Å². The van der Waals surface area contributed by atoms with E-state index in [0.29, 0.717) is 12.1 Å². The van der Waals surface area contributed by atoms with Crippen LogP contribution in [0.2, 0.25) is 0 Å². The van der Waals surface area contributed by atoms with Gasteiger partial charge in [0.1, 0.15) is 5.75 Å². The van der Waals surface area contributed by atoms with Gasteiger partial charge in [-0.05, 0) is 37.2 Å². The van der Waals surface area contributed by atoms with Crippen LogP contribution in [-0.4, -0.2) is 31.4 Å². The van der Waals surface area contributed by atoms with Gasteiger partial charge < -0.3 is 15.4 Å². The molecule has 104 valence electrons. The van der Waals surface area contributed by atoms with Crippen LogP contribution in [0.1, 0.15) is 16.8 Å². The number of amides is 1. The van der Waals surface area contributed by atoms with E-state index in [1.165, 1.54) is 12.1 Å². The second kappa shape index (κ2) is 5.48. The van der Waals surface area contributed by atoms with Gasteiger partial charge in [-0.25, -0.2) is 0 Å². The van der Waals surface area contributed by atoms with Crippen LogP contribution in [0, 0.1) is 0 Å². The van der Waals surface area contributed by atoms with Crippen molar-refractivity contribution in [2.24, 2.45) is 0 Å². The minimum Gasteiger partial charge on any atom is -0.406 e. The molecule has 2 rings (SSSR count). The Bertz CT molecular complexity index is 439. The van der Waals surface area contributed by atoms with Gasteiger partial charge in [0, 0.05) is 18.2 Å². The van der Waals surface area contributed by atoms with E-state index in [4.69, 9.17) is 0 Å². The van der Waals surface area contributed by atoms with Crippen molar-refractivity contribution in [3.63, 3.8) is 0 Å². The van der Waals surface area contributed by atoms with E-state index < -0.39 is 6.36 Å². The number of halogens is 3. The first kappa shape index (κ1) is 13.7. The fourth-order valence-corrected chi connectivity index (χ4v) is 1.85. The molecular formula is C12H13F3N2O2. The first-order valence-electron chi connectivity index (χ1n) is 5.81. The molecule has 1 amide bonds. The van der Waals surface area contributed by atoms with Crippen LogP contribution in [0.25, 0.3) is 0 Å². The highest BCUT2D eigenvalue weighted by Crippen LogP contribution is 2.22. The van der Waals surface area contributed by atoms with Crippen LogP contribution in [0.5, 0.6) is 5.75 Å². The van der Waals surface area contributed by atoms with Crippen LogP contribution in [0.3, 0.4) is 0 Å². The zero-order valence-corrected chi connectivity index (χ0v) is 9.96. The van der Waals surface area contributed by atoms with Crippen molar-refractivity contribution in [2.75, 3.05) is 13.1 Å². The second-order valence-corrected chi connectivity index (χ2v) is 4.24. The SMILES string of the molecule is O=C(NC1CCNC1)c1ccc(OC(F)(F)F)cc1. The third-order valence-corrected chi connectivity index (χ3v) is 2.75. The summed E-state index contributed by atoms with van der Waals surface area (Å²) in [4.78, 5) is 11.8. The first-order chi connectivity index (χ1) is 8.94. The van der Waals surface area contributed by atoms with Crippen LogP contribution in [0.15, 0.2) is 24.3 Å². The van der Waals surface area contributed by atoms with Crippen LogP contribution >= 0.6 is 0 Å². The van der Waals surface area contributed by atoms with Gasteiger partial charge in [-0.1, -0.05) is 0 Å². The molecule has 1 fully saturated rings. The highest BCUT2D eigenvalue weighted by atomic mass is 19.4. The van der Waals surface area contributed by atoms with E-state index in [9.17, 15) is 18.0 Å². The molecule has 0 saturated carbocycles. The van der Waals surface area contributed by atoms with Crippen molar-refractivity contribution < 1.29 is 22.7 Å². The number of benzene rings is 1. The molecule has 0 radical (unpaired) electrons. The molecule has 4 nitrogen and oxygen atoms in total. The molecule has 1 aromatic rings. The van der Waals surface area contributed by atoms with Gasteiger partial charge in [-0.3, -0.25) is 4.79 Å². The third-order valence-electron chi connectivity index (χ3n) is 2.75. The molecule has 0 aliphatic carbocycles. The lowest BCUT2D eigenvalue weighted by Crippen LogP contribution is -2.36. The molecule has 0 aromatic heterocycles. The average Bonchev–Trinajstić information content (AvgIpc) is 2.80. The van der Waals surface area contributed by atoms with Crippen molar-refractivity contribution in [1.82, 2.24) is 10.6 Å². The van der Waals surface area contributed by atoms with Crippen molar-refractivity contribution >= 4 is 5.91 Å². The molecule has 1 heterocycles. The second-order valence-electron chi connectivity index (χ2n) is 4.24.